The second-order valence-corrected chi connectivity index (χ2v) is 5.46. The summed E-state index contributed by atoms with van der Waals surface area (Å²) in [5.74, 6) is -3.10. The van der Waals surface area contributed by atoms with Gasteiger partial charge in [0, 0.05) is 0 Å². The zero-order chi connectivity index (χ0) is 17.7. The second kappa shape index (κ2) is 7.88. The highest BCUT2D eigenvalue weighted by Crippen LogP contribution is 2.28. The van der Waals surface area contributed by atoms with Gasteiger partial charge in [0.1, 0.15) is 5.82 Å². The molecule has 1 heterocycles. The SMILES string of the molecule is CN1CC(=O)OB(C(c2ccc(CC#N)cc2)C(F)F)OC(=O)C1. The minimum atomic E-state index is -2.91. The standard InChI is InChI=1S/C15H15BF2N2O4/c1-20-8-12(21)23-16(24-13(22)9-20)14(15(17)18)11-4-2-10(3-5-11)6-7-19/h2-5,14-15H,6,8-9H2,1H3. The summed E-state index contributed by atoms with van der Waals surface area (Å²) < 4.78 is 36.9. The Kier molecular flexibility index (Phi) is 5.87. The molecule has 9 heteroatoms. The van der Waals surface area contributed by atoms with E-state index in [4.69, 9.17) is 14.6 Å². The molecular weight excluding hydrogens is 321 g/mol. The van der Waals surface area contributed by atoms with E-state index >= 15 is 0 Å². The third-order valence-electron chi connectivity index (χ3n) is 3.51. The van der Waals surface area contributed by atoms with Crippen LogP contribution >= 0.6 is 0 Å². The first-order valence-corrected chi connectivity index (χ1v) is 7.22. The Hall–Kier alpha value is -2.47. The van der Waals surface area contributed by atoms with E-state index in [-0.39, 0.29) is 25.1 Å². The predicted molar refractivity (Wildman–Crippen MR) is 79.9 cm³/mol. The summed E-state index contributed by atoms with van der Waals surface area (Å²) in [7, 11) is -0.179. The van der Waals surface area contributed by atoms with Crippen molar-refractivity contribution in [1.82, 2.24) is 4.90 Å². The molecule has 1 aliphatic rings. The Morgan fingerprint density at radius 1 is 1.21 bits per heavy atom. The number of benzene rings is 1. The fraction of sp³-hybridized carbons (Fsp3) is 0.400. The van der Waals surface area contributed by atoms with E-state index < -0.39 is 31.3 Å². The summed E-state index contributed by atoms with van der Waals surface area (Å²) in [4.78, 5) is 24.8. The minimum Gasteiger partial charge on any atom is -0.498 e. The molecule has 0 radical (unpaired) electrons. The van der Waals surface area contributed by atoms with Crippen LogP contribution in [0.5, 0.6) is 0 Å². The van der Waals surface area contributed by atoms with E-state index in [9.17, 15) is 18.4 Å². The molecule has 0 spiro atoms. The number of halogens is 2. The molecule has 24 heavy (non-hydrogen) atoms. The molecule has 1 fully saturated rings. The van der Waals surface area contributed by atoms with Crippen LogP contribution in [0.3, 0.4) is 0 Å². The first kappa shape index (κ1) is 17.9. The Balaban J connectivity index is 2.26. The van der Waals surface area contributed by atoms with Crippen molar-refractivity contribution in [2.24, 2.45) is 0 Å². The lowest BCUT2D eigenvalue weighted by Gasteiger charge is -2.26. The summed E-state index contributed by atoms with van der Waals surface area (Å²) in [6.45, 7) is -0.384. The first-order valence-electron chi connectivity index (χ1n) is 7.22. The molecule has 0 saturated carbocycles. The topological polar surface area (TPSA) is 79.6 Å². The van der Waals surface area contributed by atoms with Gasteiger partial charge in [-0.1, -0.05) is 24.3 Å². The van der Waals surface area contributed by atoms with Crippen LogP contribution in [0.4, 0.5) is 8.78 Å². The number of rotatable bonds is 4. The number of carbonyl (C=O) groups is 2. The van der Waals surface area contributed by atoms with Crippen LogP contribution in [0.15, 0.2) is 24.3 Å². The van der Waals surface area contributed by atoms with Crippen LogP contribution in [-0.2, 0) is 25.3 Å². The van der Waals surface area contributed by atoms with E-state index in [0.717, 1.165) is 0 Å². The van der Waals surface area contributed by atoms with Crippen molar-refractivity contribution in [2.45, 2.75) is 18.7 Å². The molecule has 0 bridgehead atoms. The number of likely N-dealkylation sites (N-methyl/N-ethyl adjacent to an activating group) is 1. The number of nitriles is 1. The fourth-order valence-electron chi connectivity index (χ4n) is 2.37. The van der Waals surface area contributed by atoms with Crippen LogP contribution in [0.25, 0.3) is 0 Å². The third-order valence-corrected chi connectivity index (χ3v) is 3.51. The van der Waals surface area contributed by atoms with Crippen LogP contribution < -0.4 is 0 Å². The zero-order valence-electron chi connectivity index (χ0n) is 12.9. The number of hydrogen-bond donors (Lipinski definition) is 0. The molecule has 1 unspecified atom stereocenters. The van der Waals surface area contributed by atoms with Gasteiger partial charge in [-0.2, -0.15) is 5.26 Å². The van der Waals surface area contributed by atoms with Gasteiger partial charge in [-0.3, -0.25) is 14.5 Å². The van der Waals surface area contributed by atoms with Crippen molar-refractivity contribution in [2.75, 3.05) is 20.1 Å². The van der Waals surface area contributed by atoms with Crippen molar-refractivity contribution >= 4 is 19.1 Å². The van der Waals surface area contributed by atoms with Gasteiger partial charge in [0.05, 0.1) is 25.6 Å². The molecule has 6 nitrogen and oxygen atoms in total. The van der Waals surface area contributed by atoms with Crippen molar-refractivity contribution in [3.63, 3.8) is 0 Å². The van der Waals surface area contributed by atoms with E-state index in [1.807, 2.05) is 6.07 Å². The normalized spacial score (nSPS) is 17.5. The Morgan fingerprint density at radius 2 is 1.75 bits per heavy atom. The van der Waals surface area contributed by atoms with Gasteiger partial charge in [-0.25, -0.2) is 8.78 Å². The Morgan fingerprint density at radius 3 is 2.21 bits per heavy atom. The molecule has 1 saturated heterocycles. The highest BCUT2D eigenvalue weighted by molar-refractivity contribution is 6.51. The van der Waals surface area contributed by atoms with Gasteiger partial charge < -0.3 is 9.31 Å². The molecule has 1 atom stereocenters. The molecular formula is C15H15BF2N2O4. The molecule has 0 N–H and O–H groups in total. The molecule has 0 aliphatic carbocycles. The molecule has 0 amide bonds. The van der Waals surface area contributed by atoms with Crippen molar-refractivity contribution in [3.05, 3.63) is 35.4 Å². The summed E-state index contributed by atoms with van der Waals surface area (Å²) in [6.07, 6.45) is -2.76. The fourth-order valence-corrected chi connectivity index (χ4v) is 2.37. The number of alkyl halides is 2. The molecule has 2 rings (SSSR count). The maximum atomic E-state index is 13.5. The lowest BCUT2D eigenvalue weighted by molar-refractivity contribution is -0.146. The van der Waals surface area contributed by atoms with E-state index in [0.29, 0.717) is 5.56 Å². The lowest BCUT2D eigenvalue weighted by atomic mass is 9.67. The predicted octanol–water partition coefficient (Wildman–Crippen LogP) is 1.16. The van der Waals surface area contributed by atoms with Gasteiger partial charge in [0.25, 0.3) is 0 Å². The maximum absolute atomic E-state index is 13.5. The highest BCUT2D eigenvalue weighted by Gasteiger charge is 2.45. The van der Waals surface area contributed by atoms with Crippen LogP contribution in [-0.4, -0.2) is 50.5 Å². The molecule has 1 aromatic carbocycles. The quantitative estimate of drug-likeness (QED) is 0.768. The van der Waals surface area contributed by atoms with Gasteiger partial charge in [0.2, 0.25) is 6.43 Å². The molecule has 126 valence electrons. The average Bonchev–Trinajstić information content (AvgIpc) is 2.47. The monoisotopic (exact) mass is 336 g/mol. The van der Waals surface area contributed by atoms with Gasteiger partial charge >= 0.3 is 19.1 Å². The van der Waals surface area contributed by atoms with Crippen molar-refractivity contribution < 1.29 is 27.7 Å². The highest BCUT2D eigenvalue weighted by atomic mass is 19.3. The third kappa shape index (κ3) is 4.52. The van der Waals surface area contributed by atoms with Gasteiger partial charge in [-0.05, 0) is 18.2 Å². The van der Waals surface area contributed by atoms with Gasteiger partial charge in [-0.15, -0.1) is 0 Å². The van der Waals surface area contributed by atoms with E-state index in [2.05, 4.69) is 0 Å². The largest absolute Gasteiger partial charge is 0.612 e. The van der Waals surface area contributed by atoms with Crippen LogP contribution in [0, 0.1) is 11.3 Å². The summed E-state index contributed by atoms with van der Waals surface area (Å²) in [6, 6.07) is 7.86. The van der Waals surface area contributed by atoms with E-state index in [1.165, 1.54) is 36.2 Å². The minimum absolute atomic E-state index is 0.152. The second-order valence-electron chi connectivity index (χ2n) is 5.46. The summed E-state index contributed by atoms with van der Waals surface area (Å²) in [5.41, 5.74) is 0.828. The van der Waals surface area contributed by atoms with Gasteiger partial charge in [0.15, 0.2) is 0 Å². The first-order chi connectivity index (χ1) is 11.4. The molecule has 1 aliphatic heterocycles. The maximum Gasteiger partial charge on any atom is 0.612 e. The number of carbonyl (C=O) groups excluding carboxylic acids is 2. The summed E-state index contributed by atoms with van der Waals surface area (Å²) in [5, 5.41) is 8.64. The van der Waals surface area contributed by atoms with Crippen LogP contribution in [0.2, 0.25) is 0 Å². The number of nitrogens with zero attached hydrogens (tertiary/aromatic N) is 2. The van der Waals surface area contributed by atoms with Crippen molar-refractivity contribution in [1.29, 1.82) is 5.26 Å². The number of hydrogen-bond acceptors (Lipinski definition) is 6. The smallest absolute Gasteiger partial charge is 0.498 e. The lowest BCUT2D eigenvalue weighted by Crippen LogP contribution is -2.46. The molecule has 0 aromatic heterocycles. The Bertz CT molecular complexity index is 628. The Labute approximate surface area is 138 Å². The summed E-state index contributed by atoms with van der Waals surface area (Å²) >= 11 is 0. The van der Waals surface area contributed by atoms with E-state index in [1.54, 1.807) is 0 Å². The zero-order valence-corrected chi connectivity index (χ0v) is 12.9. The van der Waals surface area contributed by atoms with Crippen molar-refractivity contribution in [3.8, 4) is 6.07 Å². The van der Waals surface area contributed by atoms with Crippen LogP contribution in [0.1, 0.15) is 16.9 Å². The average molecular weight is 336 g/mol. The molecule has 1 aromatic rings.